The van der Waals surface area contributed by atoms with Gasteiger partial charge in [-0.1, -0.05) is 30.3 Å². The number of fused-ring (bicyclic) bond motifs is 1. The average Bonchev–Trinajstić information content (AvgIpc) is 3.94. The molecule has 1 aliphatic carbocycles. The first-order valence-corrected chi connectivity index (χ1v) is 16.7. The number of esters is 3. The van der Waals surface area contributed by atoms with Crippen molar-refractivity contribution in [2.24, 2.45) is 5.92 Å². The van der Waals surface area contributed by atoms with Crippen LogP contribution < -0.4 is 14.2 Å². The summed E-state index contributed by atoms with van der Waals surface area (Å²) in [6.45, 7) is 2.00. The summed E-state index contributed by atoms with van der Waals surface area (Å²) >= 11 is 0. The first-order valence-electron chi connectivity index (χ1n) is 16.7. The van der Waals surface area contributed by atoms with Gasteiger partial charge >= 0.3 is 17.9 Å². The van der Waals surface area contributed by atoms with Gasteiger partial charge in [0.25, 0.3) is 0 Å². The zero-order valence-electron chi connectivity index (χ0n) is 27.5. The lowest BCUT2D eigenvalue weighted by Crippen LogP contribution is -2.18. The van der Waals surface area contributed by atoms with E-state index in [2.05, 4.69) is 0 Å². The molecule has 256 valence electrons. The number of hydrogen-bond donors (Lipinski definition) is 0. The largest absolute Gasteiger partial charge is 0.494 e. The van der Waals surface area contributed by atoms with Crippen LogP contribution in [0.2, 0.25) is 0 Å². The average molecular weight is 676 g/mol. The summed E-state index contributed by atoms with van der Waals surface area (Å²) < 4.78 is 33.9. The second-order valence-corrected chi connectivity index (χ2v) is 12.2. The van der Waals surface area contributed by atoms with Crippen molar-refractivity contribution in [3.63, 3.8) is 0 Å². The highest BCUT2D eigenvalue weighted by Gasteiger charge is 2.43. The van der Waals surface area contributed by atoms with E-state index in [1.54, 1.807) is 36.4 Å². The van der Waals surface area contributed by atoms with Crippen molar-refractivity contribution in [3.8, 4) is 23.3 Å². The van der Waals surface area contributed by atoms with Crippen LogP contribution in [0, 0.1) is 17.2 Å². The summed E-state index contributed by atoms with van der Waals surface area (Å²) in [6.07, 6.45) is 6.19. The van der Waals surface area contributed by atoms with Crippen LogP contribution in [0.5, 0.6) is 17.2 Å². The fraction of sp³-hybridized carbons (Fsp3) is 0.300. The maximum absolute atomic E-state index is 13.2. The molecule has 0 radical (unpaired) electrons. The van der Waals surface area contributed by atoms with Gasteiger partial charge in [-0.3, -0.25) is 0 Å². The smallest absolute Gasteiger partial charge is 0.343 e. The van der Waals surface area contributed by atoms with Gasteiger partial charge in [0, 0.05) is 13.2 Å². The molecule has 3 unspecified atom stereocenters. The molecule has 1 saturated carbocycles. The van der Waals surface area contributed by atoms with Crippen LogP contribution in [0.1, 0.15) is 74.3 Å². The lowest BCUT2D eigenvalue weighted by atomic mass is 9.90. The second-order valence-electron chi connectivity index (χ2n) is 12.2. The first kappa shape index (κ1) is 34.4. The number of carbonyl (C=O) groups excluding carboxylic acids is 3. The van der Waals surface area contributed by atoms with Crippen molar-refractivity contribution in [1.29, 1.82) is 5.26 Å². The lowest BCUT2D eigenvalue weighted by Gasteiger charge is -2.18. The highest BCUT2D eigenvalue weighted by atomic mass is 16.6. The third-order valence-corrected chi connectivity index (χ3v) is 8.55. The topological polar surface area (TPSA) is 134 Å². The predicted octanol–water partition coefficient (Wildman–Crippen LogP) is 7.10. The van der Waals surface area contributed by atoms with Crippen LogP contribution in [0.25, 0.3) is 0 Å². The Morgan fingerprint density at radius 1 is 0.740 bits per heavy atom. The molecule has 6 rings (SSSR count). The summed E-state index contributed by atoms with van der Waals surface area (Å²) in [4.78, 5) is 39.1. The number of carbonyl (C=O) groups is 3. The molecular formula is C40H37NO9. The van der Waals surface area contributed by atoms with Crippen LogP contribution in [0.15, 0.2) is 97.1 Å². The molecule has 4 aromatic rings. The minimum atomic E-state index is -0.780. The molecule has 0 bridgehead atoms. The molecule has 0 aromatic heterocycles. The van der Waals surface area contributed by atoms with Crippen LogP contribution in [-0.2, 0) is 20.8 Å². The molecule has 10 nitrogen and oxygen atoms in total. The van der Waals surface area contributed by atoms with Crippen molar-refractivity contribution >= 4 is 17.9 Å². The summed E-state index contributed by atoms with van der Waals surface area (Å²) in [5.41, 5.74) is 1.50. The standard InChI is InChI=1S/C40H37NO9/c41-24-27-8-11-30(12-9-27)39(43)50-35-19-17-33(23-34(35)40(44)47-26-28-6-2-1-3-7-28)48-38(42)31-13-15-32(16-14-31)46-21-5-4-20-45-25-29-10-18-36-37(22-29)49-36/h1-3,6-9,11-17,19,23,29,36-37H,4-5,10,18,20-22,25-26H2. The Labute approximate surface area is 290 Å². The fourth-order valence-corrected chi connectivity index (χ4v) is 5.70. The first-order chi connectivity index (χ1) is 24.4. The van der Waals surface area contributed by atoms with E-state index in [-0.39, 0.29) is 34.8 Å². The summed E-state index contributed by atoms with van der Waals surface area (Å²) in [6, 6.07) is 27.6. The van der Waals surface area contributed by atoms with Crippen LogP contribution in [-0.4, -0.2) is 49.9 Å². The molecule has 10 heteroatoms. The molecule has 1 saturated heterocycles. The SMILES string of the molecule is N#Cc1ccc(C(=O)Oc2ccc(OC(=O)c3ccc(OCCCCOCC4CCC5OC5C4)cc3)cc2C(=O)OCc2ccccc2)cc1. The zero-order valence-corrected chi connectivity index (χ0v) is 27.5. The lowest BCUT2D eigenvalue weighted by molar-refractivity contribution is 0.0465. The summed E-state index contributed by atoms with van der Waals surface area (Å²) in [5.74, 6) is -0.973. The van der Waals surface area contributed by atoms with Crippen LogP contribution in [0.4, 0.5) is 0 Å². The molecular weight excluding hydrogens is 638 g/mol. The van der Waals surface area contributed by atoms with Crippen LogP contribution in [0.3, 0.4) is 0 Å². The Morgan fingerprint density at radius 3 is 2.18 bits per heavy atom. The Kier molecular flexibility index (Phi) is 11.5. The van der Waals surface area contributed by atoms with Crippen LogP contribution >= 0.6 is 0 Å². The molecule has 1 heterocycles. The van der Waals surface area contributed by atoms with Crippen molar-refractivity contribution in [1.82, 2.24) is 0 Å². The quantitative estimate of drug-likeness (QED) is 0.0556. The maximum atomic E-state index is 13.2. The minimum absolute atomic E-state index is 0.0217. The van der Waals surface area contributed by atoms with E-state index in [9.17, 15) is 14.4 Å². The minimum Gasteiger partial charge on any atom is -0.494 e. The van der Waals surface area contributed by atoms with E-state index in [0.29, 0.717) is 42.7 Å². The number of nitrogens with zero attached hydrogens (tertiary/aromatic N) is 1. The molecule has 3 atom stereocenters. The molecule has 4 aromatic carbocycles. The number of nitriles is 1. The molecule has 0 N–H and O–H groups in total. The van der Waals surface area contributed by atoms with Gasteiger partial charge in [0.05, 0.1) is 41.6 Å². The van der Waals surface area contributed by atoms with Gasteiger partial charge in [0.15, 0.2) is 0 Å². The molecule has 1 aliphatic heterocycles. The summed E-state index contributed by atoms with van der Waals surface area (Å²) in [5, 5.41) is 9.04. The number of epoxide rings is 1. The van der Waals surface area contributed by atoms with E-state index >= 15 is 0 Å². The number of benzene rings is 4. The molecule has 0 amide bonds. The number of rotatable bonds is 15. The number of unbranched alkanes of at least 4 members (excludes halogenated alkanes) is 1. The normalized spacial score (nSPS) is 17.5. The van der Waals surface area contributed by atoms with Crippen molar-refractivity contribution in [2.45, 2.75) is 50.9 Å². The third-order valence-electron chi connectivity index (χ3n) is 8.55. The third kappa shape index (κ3) is 9.56. The maximum Gasteiger partial charge on any atom is 0.343 e. The van der Waals surface area contributed by atoms with Gasteiger partial charge in [-0.05, 0) is 110 Å². The van der Waals surface area contributed by atoms with Crippen molar-refractivity contribution in [3.05, 3.63) is 125 Å². The highest BCUT2D eigenvalue weighted by molar-refractivity contribution is 5.97. The zero-order chi connectivity index (χ0) is 34.7. The summed E-state index contributed by atoms with van der Waals surface area (Å²) in [7, 11) is 0. The van der Waals surface area contributed by atoms with E-state index in [1.165, 1.54) is 48.9 Å². The number of hydrogen-bond acceptors (Lipinski definition) is 10. The van der Waals surface area contributed by atoms with Gasteiger partial charge < -0.3 is 28.4 Å². The van der Waals surface area contributed by atoms with Gasteiger partial charge in [-0.2, -0.15) is 5.26 Å². The predicted molar refractivity (Wildman–Crippen MR) is 181 cm³/mol. The van der Waals surface area contributed by atoms with E-state index < -0.39 is 17.9 Å². The van der Waals surface area contributed by atoms with Crippen molar-refractivity contribution in [2.75, 3.05) is 19.8 Å². The van der Waals surface area contributed by atoms with E-state index in [4.69, 9.17) is 33.7 Å². The number of ether oxygens (including phenoxy) is 6. The van der Waals surface area contributed by atoms with Gasteiger partial charge in [0.2, 0.25) is 0 Å². The fourth-order valence-electron chi connectivity index (χ4n) is 5.70. The molecule has 2 fully saturated rings. The van der Waals surface area contributed by atoms with Gasteiger partial charge in [-0.15, -0.1) is 0 Å². The molecule has 2 aliphatic rings. The van der Waals surface area contributed by atoms with Gasteiger partial charge in [-0.25, -0.2) is 14.4 Å². The van der Waals surface area contributed by atoms with Crippen molar-refractivity contribution < 1.29 is 42.8 Å². The van der Waals surface area contributed by atoms with E-state index in [0.717, 1.165) is 37.9 Å². The Hall–Kier alpha value is -5.50. The Balaban J connectivity index is 1.02. The monoisotopic (exact) mass is 675 g/mol. The van der Waals surface area contributed by atoms with E-state index in [1.807, 2.05) is 24.3 Å². The molecule has 50 heavy (non-hydrogen) atoms. The highest BCUT2D eigenvalue weighted by Crippen LogP contribution is 2.39. The van der Waals surface area contributed by atoms with Gasteiger partial charge in [0.1, 0.15) is 29.4 Å². The Morgan fingerprint density at radius 2 is 1.44 bits per heavy atom. The Bertz CT molecular complexity index is 1820. The second kappa shape index (κ2) is 16.7. The molecule has 0 spiro atoms.